The van der Waals surface area contributed by atoms with E-state index in [-0.39, 0.29) is 11.5 Å². The SMILES string of the molecule is Cc1ccc(C(=O)N2CCc3c(N)cccc32)c(F)c1. The van der Waals surface area contributed by atoms with E-state index in [9.17, 15) is 9.18 Å². The van der Waals surface area contributed by atoms with Gasteiger partial charge < -0.3 is 10.6 Å². The third-order valence-corrected chi connectivity index (χ3v) is 3.66. The van der Waals surface area contributed by atoms with Crippen molar-refractivity contribution in [1.82, 2.24) is 0 Å². The van der Waals surface area contributed by atoms with Crippen molar-refractivity contribution in [3.63, 3.8) is 0 Å². The topological polar surface area (TPSA) is 46.3 Å². The summed E-state index contributed by atoms with van der Waals surface area (Å²) in [5, 5.41) is 0. The lowest BCUT2D eigenvalue weighted by molar-refractivity contribution is 0.0985. The van der Waals surface area contributed by atoms with E-state index >= 15 is 0 Å². The van der Waals surface area contributed by atoms with Crippen molar-refractivity contribution in [3.05, 3.63) is 58.9 Å². The molecule has 2 aromatic carbocycles. The highest BCUT2D eigenvalue weighted by atomic mass is 19.1. The summed E-state index contributed by atoms with van der Waals surface area (Å²) in [7, 11) is 0. The predicted octanol–water partition coefficient (Wildman–Crippen LogP) is 2.92. The molecule has 1 aliphatic heterocycles. The lowest BCUT2D eigenvalue weighted by Crippen LogP contribution is -2.29. The molecule has 102 valence electrons. The van der Waals surface area contributed by atoms with Crippen LogP contribution in [-0.2, 0) is 6.42 Å². The van der Waals surface area contributed by atoms with Gasteiger partial charge in [0.15, 0.2) is 0 Å². The number of benzene rings is 2. The molecule has 0 radical (unpaired) electrons. The number of nitrogen functional groups attached to an aromatic ring is 1. The third kappa shape index (κ3) is 1.93. The number of nitrogens with zero attached hydrogens (tertiary/aromatic N) is 1. The molecule has 0 fully saturated rings. The molecule has 0 atom stereocenters. The zero-order valence-electron chi connectivity index (χ0n) is 11.2. The molecule has 3 nitrogen and oxygen atoms in total. The molecule has 0 saturated carbocycles. The van der Waals surface area contributed by atoms with Crippen molar-refractivity contribution in [2.24, 2.45) is 0 Å². The van der Waals surface area contributed by atoms with Crippen LogP contribution in [0.3, 0.4) is 0 Å². The van der Waals surface area contributed by atoms with Crippen molar-refractivity contribution in [1.29, 1.82) is 0 Å². The fraction of sp³-hybridized carbons (Fsp3) is 0.188. The van der Waals surface area contributed by atoms with Crippen LogP contribution in [0.15, 0.2) is 36.4 Å². The van der Waals surface area contributed by atoms with Gasteiger partial charge in [-0.3, -0.25) is 4.79 Å². The number of nitrogens with two attached hydrogens (primary N) is 1. The Hall–Kier alpha value is -2.36. The summed E-state index contributed by atoms with van der Waals surface area (Å²) in [6.45, 7) is 2.33. The third-order valence-electron chi connectivity index (χ3n) is 3.66. The molecule has 0 aromatic heterocycles. The largest absolute Gasteiger partial charge is 0.398 e. The summed E-state index contributed by atoms with van der Waals surface area (Å²) in [5.41, 5.74) is 9.25. The molecule has 1 aliphatic rings. The number of anilines is 2. The second-order valence-corrected chi connectivity index (χ2v) is 5.04. The molecule has 0 unspecified atom stereocenters. The van der Waals surface area contributed by atoms with Crippen LogP contribution >= 0.6 is 0 Å². The lowest BCUT2D eigenvalue weighted by Gasteiger charge is -2.18. The standard InChI is InChI=1S/C16H15FN2O/c1-10-5-6-11(13(17)9-10)16(20)19-8-7-12-14(18)3-2-4-15(12)19/h2-6,9H,7-8,18H2,1H3. The first-order chi connectivity index (χ1) is 9.58. The Morgan fingerprint density at radius 3 is 2.85 bits per heavy atom. The highest BCUT2D eigenvalue weighted by molar-refractivity contribution is 6.07. The van der Waals surface area contributed by atoms with Crippen LogP contribution in [0, 0.1) is 12.7 Å². The van der Waals surface area contributed by atoms with E-state index in [0.717, 1.165) is 16.8 Å². The molecule has 1 heterocycles. The Balaban J connectivity index is 2.00. The summed E-state index contributed by atoms with van der Waals surface area (Å²) >= 11 is 0. The average Bonchev–Trinajstić information content (AvgIpc) is 2.83. The highest BCUT2D eigenvalue weighted by Crippen LogP contribution is 2.33. The molecule has 3 rings (SSSR count). The number of rotatable bonds is 1. The van der Waals surface area contributed by atoms with Crippen LogP contribution in [0.2, 0.25) is 0 Å². The Morgan fingerprint density at radius 2 is 2.10 bits per heavy atom. The molecule has 1 amide bonds. The molecule has 0 saturated heterocycles. The van der Waals surface area contributed by atoms with Crippen molar-refractivity contribution in [2.75, 3.05) is 17.2 Å². The van der Waals surface area contributed by atoms with Gasteiger partial charge in [0.2, 0.25) is 0 Å². The second kappa shape index (κ2) is 4.63. The maximum atomic E-state index is 13.9. The zero-order valence-corrected chi connectivity index (χ0v) is 11.2. The van der Waals surface area contributed by atoms with Gasteiger partial charge in [-0.15, -0.1) is 0 Å². The molecule has 4 heteroatoms. The van der Waals surface area contributed by atoms with Gasteiger partial charge >= 0.3 is 0 Å². The number of amides is 1. The van der Waals surface area contributed by atoms with Gasteiger partial charge in [0, 0.05) is 23.5 Å². The summed E-state index contributed by atoms with van der Waals surface area (Å²) < 4.78 is 13.9. The average molecular weight is 270 g/mol. The quantitative estimate of drug-likeness (QED) is 0.810. The summed E-state index contributed by atoms with van der Waals surface area (Å²) in [4.78, 5) is 14.1. The molecular formula is C16H15FN2O. The number of carbonyl (C=O) groups is 1. The highest BCUT2D eigenvalue weighted by Gasteiger charge is 2.28. The number of carbonyl (C=O) groups excluding carboxylic acids is 1. The predicted molar refractivity (Wildman–Crippen MR) is 77.4 cm³/mol. The van der Waals surface area contributed by atoms with Crippen LogP contribution in [0.4, 0.5) is 15.8 Å². The maximum Gasteiger partial charge on any atom is 0.261 e. The summed E-state index contributed by atoms with van der Waals surface area (Å²) in [6.07, 6.45) is 0.710. The van der Waals surface area contributed by atoms with E-state index in [0.29, 0.717) is 18.7 Å². The fourth-order valence-electron chi connectivity index (χ4n) is 2.61. The Labute approximate surface area is 116 Å². The first-order valence-electron chi connectivity index (χ1n) is 6.53. The van der Waals surface area contributed by atoms with Crippen LogP contribution in [-0.4, -0.2) is 12.5 Å². The minimum atomic E-state index is -0.479. The van der Waals surface area contributed by atoms with Gasteiger partial charge in [0.05, 0.1) is 5.56 Å². The van der Waals surface area contributed by atoms with Crippen molar-refractivity contribution >= 4 is 17.3 Å². The lowest BCUT2D eigenvalue weighted by atomic mass is 10.1. The minimum Gasteiger partial charge on any atom is -0.398 e. The van der Waals surface area contributed by atoms with Crippen LogP contribution in [0.25, 0.3) is 0 Å². The Bertz CT molecular complexity index is 697. The van der Waals surface area contributed by atoms with E-state index in [4.69, 9.17) is 5.73 Å². The second-order valence-electron chi connectivity index (χ2n) is 5.04. The molecule has 20 heavy (non-hydrogen) atoms. The molecule has 0 bridgehead atoms. The van der Waals surface area contributed by atoms with Gasteiger partial charge in [-0.2, -0.15) is 0 Å². The monoisotopic (exact) mass is 270 g/mol. The number of aryl methyl sites for hydroxylation is 1. The van der Waals surface area contributed by atoms with Crippen molar-refractivity contribution in [2.45, 2.75) is 13.3 Å². The van der Waals surface area contributed by atoms with Crippen molar-refractivity contribution < 1.29 is 9.18 Å². The fourth-order valence-corrected chi connectivity index (χ4v) is 2.61. The zero-order chi connectivity index (χ0) is 14.3. The first-order valence-corrected chi connectivity index (χ1v) is 6.53. The molecule has 2 aromatic rings. The molecule has 2 N–H and O–H groups in total. The van der Waals surface area contributed by atoms with Gasteiger partial charge in [0.1, 0.15) is 5.82 Å². The number of hydrogen-bond donors (Lipinski definition) is 1. The molecular weight excluding hydrogens is 255 g/mol. The van der Waals surface area contributed by atoms with E-state index < -0.39 is 5.82 Å². The van der Waals surface area contributed by atoms with Crippen LogP contribution < -0.4 is 10.6 Å². The Kier molecular flexibility index (Phi) is 2.93. The maximum absolute atomic E-state index is 13.9. The van der Waals surface area contributed by atoms with E-state index in [1.165, 1.54) is 12.1 Å². The Morgan fingerprint density at radius 1 is 1.30 bits per heavy atom. The first kappa shape index (κ1) is 12.7. The van der Waals surface area contributed by atoms with E-state index in [1.807, 2.05) is 18.2 Å². The summed E-state index contributed by atoms with van der Waals surface area (Å²) in [5.74, 6) is -0.792. The number of hydrogen-bond acceptors (Lipinski definition) is 2. The summed E-state index contributed by atoms with van der Waals surface area (Å²) in [6, 6.07) is 10.1. The number of halogens is 1. The number of fused-ring (bicyclic) bond motifs is 1. The van der Waals surface area contributed by atoms with Gasteiger partial charge in [-0.25, -0.2) is 4.39 Å². The normalized spacial score (nSPS) is 13.4. The molecule has 0 aliphatic carbocycles. The molecule has 0 spiro atoms. The minimum absolute atomic E-state index is 0.103. The van der Waals surface area contributed by atoms with Crippen LogP contribution in [0.5, 0.6) is 0 Å². The smallest absolute Gasteiger partial charge is 0.261 e. The van der Waals surface area contributed by atoms with Crippen LogP contribution in [0.1, 0.15) is 21.5 Å². The van der Waals surface area contributed by atoms with E-state index in [1.54, 1.807) is 17.9 Å². The van der Waals surface area contributed by atoms with Gasteiger partial charge in [0.25, 0.3) is 5.91 Å². The van der Waals surface area contributed by atoms with Gasteiger partial charge in [-0.1, -0.05) is 12.1 Å². The van der Waals surface area contributed by atoms with Crippen molar-refractivity contribution in [3.8, 4) is 0 Å². The van der Waals surface area contributed by atoms with Gasteiger partial charge in [-0.05, 0) is 43.2 Å². The van der Waals surface area contributed by atoms with E-state index in [2.05, 4.69) is 0 Å².